The van der Waals surface area contributed by atoms with Crippen LogP contribution < -0.4 is 0 Å². The fraction of sp³-hybridized carbons (Fsp3) is 0.0833. The van der Waals surface area contributed by atoms with Crippen molar-refractivity contribution < 1.29 is 0 Å². The Morgan fingerprint density at radius 1 is 1.00 bits per heavy atom. The molecule has 0 unspecified atom stereocenters. The average Bonchev–Trinajstić information content (AvgIpc) is 2.54. The van der Waals surface area contributed by atoms with Crippen LogP contribution in [0.5, 0.6) is 0 Å². The Kier molecular flexibility index (Phi) is 1.83. The van der Waals surface area contributed by atoms with E-state index in [0.717, 1.165) is 0 Å². The van der Waals surface area contributed by atoms with Gasteiger partial charge in [-0.3, -0.25) is 0 Å². The zero-order valence-electron chi connectivity index (χ0n) is 7.12. The van der Waals surface area contributed by atoms with E-state index in [4.69, 9.17) is 0 Å². The van der Waals surface area contributed by atoms with Gasteiger partial charge in [-0.25, -0.2) is 0 Å². The number of hydrogen-bond acceptors (Lipinski definition) is 0. The Morgan fingerprint density at radius 2 is 1.75 bits per heavy atom. The Balaban J connectivity index is 2.34. The molecule has 0 aliphatic heterocycles. The molecule has 0 saturated carbocycles. The molecule has 0 N–H and O–H groups in total. The fourth-order valence-corrected chi connectivity index (χ4v) is 1.37. The lowest BCUT2D eigenvalue weighted by molar-refractivity contribution is 1.49. The number of allylic oxidation sites excluding steroid dienone is 4. The maximum absolute atomic E-state index is 2.20. The average molecular weight is 155 g/mol. The van der Waals surface area contributed by atoms with Crippen LogP contribution >= 0.6 is 0 Å². The number of hydrogen-bond donors (Lipinski definition) is 0. The van der Waals surface area contributed by atoms with Gasteiger partial charge >= 0.3 is 0 Å². The van der Waals surface area contributed by atoms with Crippen LogP contribution in [0.25, 0.3) is 5.57 Å². The normalized spacial score (nSPS) is 15.8. The topological polar surface area (TPSA) is 0 Å². The minimum atomic E-state index is 1.30. The molecule has 0 amide bonds. The van der Waals surface area contributed by atoms with Gasteiger partial charge in [0.1, 0.15) is 0 Å². The molecular weight excluding hydrogens is 144 g/mol. The predicted octanol–water partition coefficient (Wildman–Crippen LogP) is 3.23. The molecule has 1 radical (unpaired) electrons. The van der Waals surface area contributed by atoms with E-state index in [1.54, 1.807) is 0 Å². The van der Waals surface area contributed by atoms with Gasteiger partial charge < -0.3 is 0 Å². The lowest BCUT2D eigenvalue weighted by Gasteiger charge is -1.97. The van der Waals surface area contributed by atoms with E-state index >= 15 is 0 Å². The first-order chi connectivity index (χ1) is 5.86. The van der Waals surface area contributed by atoms with Crippen molar-refractivity contribution >= 4 is 5.57 Å². The largest absolute Gasteiger partial charge is 0.0686 e. The summed E-state index contributed by atoms with van der Waals surface area (Å²) in [7, 11) is 0. The Labute approximate surface area is 73.2 Å². The second-order valence-electron chi connectivity index (χ2n) is 3.04. The van der Waals surface area contributed by atoms with Crippen LogP contribution in [-0.2, 0) is 0 Å². The van der Waals surface area contributed by atoms with Gasteiger partial charge in [0.2, 0.25) is 0 Å². The maximum Gasteiger partial charge on any atom is 0.00871 e. The third-order valence-corrected chi connectivity index (χ3v) is 2.02. The van der Waals surface area contributed by atoms with Crippen molar-refractivity contribution in [3.05, 3.63) is 60.0 Å². The smallest absolute Gasteiger partial charge is 0.00871 e. The van der Waals surface area contributed by atoms with Crippen LogP contribution in [0, 0.1) is 6.42 Å². The van der Waals surface area contributed by atoms with Crippen LogP contribution in [0.3, 0.4) is 0 Å². The molecule has 1 aliphatic carbocycles. The Bertz CT molecular complexity index is 328. The predicted molar refractivity (Wildman–Crippen MR) is 52.5 cm³/mol. The molecule has 2 rings (SSSR count). The molecule has 0 heterocycles. The first-order valence-electron chi connectivity index (χ1n) is 4.15. The zero-order chi connectivity index (χ0) is 8.39. The van der Waals surface area contributed by atoms with Crippen molar-refractivity contribution in [2.75, 3.05) is 0 Å². The van der Waals surface area contributed by atoms with Crippen LogP contribution in [0.1, 0.15) is 12.5 Å². The van der Waals surface area contributed by atoms with E-state index in [1.165, 1.54) is 16.7 Å². The van der Waals surface area contributed by atoms with Crippen LogP contribution in [0.2, 0.25) is 0 Å². The highest BCUT2D eigenvalue weighted by Gasteiger charge is 2.03. The third kappa shape index (κ3) is 1.33. The molecule has 0 bridgehead atoms. The Morgan fingerprint density at radius 3 is 2.33 bits per heavy atom. The lowest BCUT2D eigenvalue weighted by atomic mass is 10.1. The molecule has 0 atom stereocenters. The van der Waals surface area contributed by atoms with Gasteiger partial charge in [-0.15, -0.1) is 0 Å². The summed E-state index contributed by atoms with van der Waals surface area (Å²) in [6, 6.07) is 10.4. The van der Waals surface area contributed by atoms with Crippen molar-refractivity contribution in [2.45, 2.75) is 6.92 Å². The molecule has 1 aromatic carbocycles. The summed E-state index contributed by atoms with van der Waals surface area (Å²) in [6.07, 6.45) is 6.50. The summed E-state index contributed by atoms with van der Waals surface area (Å²) in [4.78, 5) is 0. The van der Waals surface area contributed by atoms with Gasteiger partial charge in [-0.05, 0) is 18.1 Å². The molecule has 0 spiro atoms. The van der Waals surface area contributed by atoms with Gasteiger partial charge in [-0.2, -0.15) is 0 Å². The van der Waals surface area contributed by atoms with Crippen LogP contribution in [-0.4, -0.2) is 0 Å². The molecular formula is C12H11. The minimum absolute atomic E-state index is 1.30. The van der Waals surface area contributed by atoms with Gasteiger partial charge in [-0.1, -0.05) is 48.1 Å². The second-order valence-corrected chi connectivity index (χ2v) is 3.04. The summed E-state index contributed by atoms with van der Waals surface area (Å²) in [5, 5.41) is 0. The maximum atomic E-state index is 2.20. The minimum Gasteiger partial charge on any atom is -0.0686 e. The first kappa shape index (κ1) is 7.35. The molecule has 1 aliphatic rings. The zero-order valence-corrected chi connectivity index (χ0v) is 7.12. The highest BCUT2D eigenvalue weighted by molar-refractivity contribution is 5.79. The van der Waals surface area contributed by atoms with E-state index in [1.807, 2.05) is 6.07 Å². The molecule has 1 aromatic rings. The molecule has 0 aromatic heterocycles. The number of rotatable bonds is 1. The summed E-state index contributed by atoms with van der Waals surface area (Å²) in [5.41, 5.74) is 3.94. The molecule has 0 saturated heterocycles. The van der Waals surface area contributed by atoms with Crippen molar-refractivity contribution in [2.24, 2.45) is 0 Å². The van der Waals surface area contributed by atoms with Gasteiger partial charge in [0.25, 0.3) is 0 Å². The van der Waals surface area contributed by atoms with Crippen molar-refractivity contribution in [3.8, 4) is 0 Å². The van der Waals surface area contributed by atoms with Gasteiger partial charge in [0, 0.05) is 6.42 Å². The standard InChI is InChI=1S/C12H11/c1-10-7-8-12(9-10)11-5-3-2-4-6-11/h2-9H,1H3. The van der Waals surface area contributed by atoms with Crippen molar-refractivity contribution in [1.29, 1.82) is 0 Å². The fourth-order valence-electron chi connectivity index (χ4n) is 1.37. The quantitative estimate of drug-likeness (QED) is 0.584. The first-order valence-corrected chi connectivity index (χ1v) is 4.15. The van der Waals surface area contributed by atoms with Crippen molar-refractivity contribution in [3.63, 3.8) is 0 Å². The van der Waals surface area contributed by atoms with Gasteiger partial charge in [0.05, 0.1) is 0 Å². The highest BCUT2D eigenvalue weighted by atomic mass is 14.1. The number of benzene rings is 1. The van der Waals surface area contributed by atoms with Gasteiger partial charge in [0.15, 0.2) is 0 Å². The molecule has 0 nitrogen and oxygen atoms in total. The summed E-state index contributed by atoms with van der Waals surface area (Å²) in [5.74, 6) is 0. The molecule has 12 heavy (non-hydrogen) atoms. The van der Waals surface area contributed by atoms with E-state index in [2.05, 4.69) is 49.8 Å². The lowest BCUT2D eigenvalue weighted by Crippen LogP contribution is -1.75. The van der Waals surface area contributed by atoms with E-state index in [0.29, 0.717) is 0 Å². The third-order valence-electron chi connectivity index (χ3n) is 2.02. The summed E-state index contributed by atoms with van der Waals surface area (Å²) < 4.78 is 0. The molecule has 0 heteroatoms. The monoisotopic (exact) mass is 155 g/mol. The van der Waals surface area contributed by atoms with E-state index < -0.39 is 0 Å². The van der Waals surface area contributed by atoms with Crippen LogP contribution in [0.15, 0.2) is 48.1 Å². The second kappa shape index (κ2) is 2.98. The van der Waals surface area contributed by atoms with Crippen LogP contribution in [0.4, 0.5) is 0 Å². The molecule has 0 fully saturated rings. The summed E-state index contributed by atoms with van der Waals surface area (Å²) in [6.45, 7) is 2.12. The highest BCUT2D eigenvalue weighted by Crippen LogP contribution is 2.24. The SMILES string of the molecule is CC1=CC(c2ccccc2)=C[CH]1. The van der Waals surface area contributed by atoms with E-state index in [-0.39, 0.29) is 0 Å². The van der Waals surface area contributed by atoms with E-state index in [9.17, 15) is 0 Å². The van der Waals surface area contributed by atoms with Crippen molar-refractivity contribution in [1.82, 2.24) is 0 Å². The molecule has 59 valence electrons. The summed E-state index contributed by atoms with van der Waals surface area (Å²) >= 11 is 0. The Hall–Kier alpha value is -1.30.